The van der Waals surface area contributed by atoms with E-state index in [1.54, 1.807) is 7.11 Å². The summed E-state index contributed by atoms with van der Waals surface area (Å²) < 4.78 is 5.11. The molecule has 4 nitrogen and oxygen atoms in total. The van der Waals surface area contributed by atoms with Crippen LogP contribution in [0, 0.1) is 0 Å². The summed E-state index contributed by atoms with van der Waals surface area (Å²) in [7, 11) is 1.64. The maximum Gasteiger partial charge on any atom is 0.315 e. The summed E-state index contributed by atoms with van der Waals surface area (Å²) in [5.74, 6) is 0.813. The molecule has 1 unspecified atom stereocenters. The minimum atomic E-state index is -0.138. The van der Waals surface area contributed by atoms with Crippen molar-refractivity contribution in [2.75, 3.05) is 7.11 Å². The molecule has 0 radical (unpaired) electrons. The molecule has 2 aromatic rings. The summed E-state index contributed by atoms with van der Waals surface area (Å²) >= 11 is 0. The SMILES string of the molecule is COc1ccc(CNC(=O)NC(C)CCc2ccccc2)cc1. The van der Waals surface area contributed by atoms with E-state index in [0.717, 1.165) is 24.2 Å². The van der Waals surface area contributed by atoms with Crippen molar-refractivity contribution in [2.24, 2.45) is 0 Å². The number of urea groups is 1. The molecule has 0 bridgehead atoms. The number of rotatable bonds is 7. The molecule has 23 heavy (non-hydrogen) atoms. The molecule has 2 aromatic carbocycles. The molecule has 0 aliphatic heterocycles. The standard InChI is InChI=1S/C19H24N2O2/c1-15(8-9-16-6-4-3-5-7-16)21-19(22)20-14-17-10-12-18(23-2)13-11-17/h3-7,10-13,15H,8-9,14H2,1-2H3,(H2,20,21,22). The average molecular weight is 312 g/mol. The van der Waals surface area contributed by atoms with Gasteiger partial charge in [0.25, 0.3) is 0 Å². The van der Waals surface area contributed by atoms with Crippen molar-refractivity contribution in [3.63, 3.8) is 0 Å². The molecule has 2 N–H and O–H groups in total. The lowest BCUT2D eigenvalue weighted by atomic mass is 10.1. The van der Waals surface area contributed by atoms with E-state index in [2.05, 4.69) is 22.8 Å². The zero-order chi connectivity index (χ0) is 16.5. The van der Waals surface area contributed by atoms with Gasteiger partial charge in [0.1, 0.15) is 5.75 Å². The van der Waals surface area contributed by atoms with Crippen molar-refractivity contribution < 1.29 is 9.53 Å². The molecule has 0 aliphatic carbocycles. The fourth-order valence-corrected chi connectivity index (χ4v) is 2.30. The number of carbonyl (C=O) groups excluding carboxylic acids is 1. The second-order valence-corrected chi connectivity index (χ2v) is 5.60. The number of amides is 2. The molecule has 0 fully saturated rings. The van der Waals surface area contributed by atoms with Gasteiger partial charge in [0, 0.05) is 12.6 Å². The van der Waals surface area contributed by atoms with Crippen LogP contribution < -0.4 is 15.4 Å². The first-order valence-corrected chi connectivity index (χ1v) is 7.88. The van der Waals surface area contributed by atoms with Crippen molar-refractivity contribution in [1.29, 1.82) is 0 Å². The monoisotopic (exact) mass is 312 g/mol. The Labute approximate surface area is 137 Å². The van der Waals surface area contributed by atoms with E-state index >= 15 is 0 Å². The maximum absolute atomic E-state index is 11.9. The van der Waals surface area contributed by atoms with E-state index < -0.39 is 0 Å². The molecule has 0 spiro atoms. The predicted molar refractivity (Wildman–Crippen MR) is 92.6 cm³/mol. The molecule has 0 saturated heterocycles. The van der Waals surface area contributed by atoms with E-state index in [-0.39, 0.29) is 12.1 Å². The Hall–Kier alpha value is -2.49. The van der Waals surface area contributed by atoms with Crippen molar-refractivity contribution >= 4 is 6.03 Å². The van der Waals surface area contributed by atoms with Crippen molar-refractivity contribution in [3.05, 3.63) is 65.7 Å². The zero-order valence-corrected chi connectivity index (χ0v) is 13.7. The van der Waals surface area contributed by atoms with Crippen LogP contribution >= 0.6 is 0 Å². The van der Waals surface area contributed by atoms with Gasteiger partial charge in [-0.3, -0.25) is 0 Å². The van der Waals surface area contributed by atoms with Gasteiger partial charge >= 0.3 is 6.03 Å². The summed E-state index contributed by atoms with van der Waals surface area (Å²) in [6.45, 7) is 2.52. The molecule has 0 aromatic heterocycles. The first-order chi connectivity index (χ1) is 11.2. The number of nitrogens with one attached hydrogen (secondary N) is 2. The van der Waals surface area contributed by atoms with Crippen LogP contribution in [0.15, 0.2) is 54.6 Å². The van der Waals surface area contributed by atoms with Crippen LogP contribution in [0.25, 0.3) is 0 Å². The van der Waals surface area contributed by atoms with E-state index in [1.165, 1.54) is 5.56 Å². The summed E-state index contributed by atoms with van der Waals surface area (Å²) in [6.07, 6.45) is 1.88. The van der Waals surface area contributed by atoms with Crippen molar-refractivity contribution in [3.8, 4) is 5.75 Å². The lowest BCUT2D eigenvalue weighted by Crippen LogP contribution is -2.40. The number of benzene rings is 2. The summed E-state index contributed by atoms with van der Waals surface area (Å²) in [5.41, 5.74) is 2.33. The van der Waals surface area contributed by atoms with Gasteiger partial charge in [-0.25, -0.2) is 4.79 Å². The van der Waals surface area contributed by atoms with Crippen LogP contribution in [-0.2, 0) is 13.0 Å². The van der Waals surface area contributed by atoms with Crippen molar-refractivity contribution in [1.82, 2.24) is 10.6 Å². The largest absolute Gasteiger partial charge is 0.497 e. The number of carbonyl (C=O) groups is 1. The van der Waals surface area contributed by atoms with Gasteiger partial charge in [-0.15, -0.1) is 0 Å². The number of methoxy groups -OCH3 is 1. The molecule has 0 heterocycles. The summed E-state index contributed by atoms with van der Waals surface area (Å²) in [5, 5.41) is 5.84. The van der Waals surface area contributed by atoms with Crippen LogP contribution in [0.5, 0.6) is 5.75 Å². The first kappa shape index (κ1) is 16.9. The van der Waals surface area contributed by atoms with E-state index in [4.69, 9.17) is 4.74 Å². The van der Waals surface area contributed by atoms with Crippen molar-refractivity contribution in [2.45, 2.75) is 32.4 Å². The second-order valence-electron chi connectivity index (χ2n) is 5.60. The molecule has 0 saturated carbocycles. The summed E-state index contributed by atoms with van der Waals surface area (Å²) in [6, 6.07) is 18.0. The molecule has 4 heteroatoms. The highest BCUT2D eigenvalue weighted by Crippen LogP contribution is 2.11. The Morgan fingerprint density at radius 3 is 2.39 bits per heavy atom. The third-order valence-corrected chi connectivity index (χ3v) is 3.70. The maximum atomic E-state index is 11.9. The molecule has 2 amide bonds. The molecular weight excluding hydrogens is 288 g/mol. The number of hydrogen-bond donors (Lipinski definition) is 2. The fraction of sp³-hybridized carbons (Fsp3) is 0.316. The third-order valence-electron chi connectivity index (χ3n) is 3.70. The van der Waals surface area contributed by atoms with Gasteiger partial charge < -0.3 is 15.4 Å². The predicted octanol–water partition coefficient (Wildman–Crippen LogP) is 3.52. The van der Waals surface area contributed by atoms with Gasteiger partial charge in [-0.2, -0.15) is 0 Å². The minimum Gasteiger partial charge on any atom is -0.497 e. The molecule has 1 atom stereocenters. The number of hydrogen-bond acceptors (Lipinski definition) is 2. The highest BCUT2D eigenvalue weighted by atomic mass is 16.5. The van der Waals surface area contributed by atoms with Crippen LogP contribution in [0.3, 0.4) is 0 Å². The molecular formula is C19H24N2O2. The van der Waals surface area contributed by atoms with Crippen LogP contribution in [0.2, 0.25) is 0 Å². The Morgan fingerprint density at radius 2 is 1.74 bits per heavy atom. The average Bonchev–Trinajstić information content (AvgIpc) is 2.59. The first-order valence-electron chi connectivity index (χ1n) is 7.88. The fourth-order valence-electron chi connectivity index (χ4n) is 2.30. The quantitative estimate of drug-likeness (QED) is 0.822. The van der Waals surface area contributed by atoms with E-state index in [0.29, 0.717) is 6.54 Å². The molecule has 0 aliphatic rings. The molecule has 2 rings (SSSR count). The van der Waals surface area contributed by atoms with Crippen LogP contribution in [0.1, 0.15) is 24.5 Å². The van der Waals surface area contributed by atoms with Gasteiger partial charge in [0.2, 0.25) is 0 Å². The number of aryl methyl sites for hydroxylation is 1. The van der Waals surface area contributed by atoms with Gasteiger partial charge in [-0.1, -0.05) is 42.5 Å². The van der Waals surface area contributed by atoms with Crippen LogP contribution in [-0.4, -0.2) is 19.2 Å². The second kappa shape index (κ2) is 8.83. The number of ether oxygens (including phenoxy) is 1. The van der Waals surface area contributed by atoms with Crippen LogP contribution in [0.4, 0.5) is 4.79 Å². The normalized spacial score (nSPS) is 11.6. The highest BCUT2D eigenvalue weighted by molar-refractivity contribution is 5.74. The lowest BCUT2D eigenvalue weighted by molar-refractivity contribution is 0.237. The lowest BCUT2D eigenvalue weighted by Gasteiger charge is -2.15. The Bertz CT molecular complexity index is 597. The Kier molecular flexibility index (Phi) is 6.48. The Balaban J connectivity index is 1.69. The Morgan fingerprint density at radius 1 is 1.04 bits per heavy atom. The minimum absolute atomic E-state index is 0.131. The summed E-state index contributed by atoms with van der Waals surface area (Å²) in [4.78, 5) is 11.9. The highest BCUT2D eigenvalue weighted by Gasteiger charge is 2.07. The van der Waals surface area contributed by atoms with E-state index in [9.17, 15) is 4.79 Å². The van der Waals surface area contributed by atoms with Gasteiger partial charge in [0.05, 0.1) is 7.11 Å². The third kappa shape index (κ3) is 6.02. The van der Waals surface area contributed by atoms with Gasteiger partial charge in [0.15, 0.2) is 0 Å². The van der Waals surface area contributed by atoms with Gasteiger partial charge in [-0.05, 0) is 43.0 Å². The topological polar surface area (TPSA) is 50.4 Å². The smallest absolute Gasteiger partial charge is 0.315 e. The zero-order valence-electron chi connectivity index (χ0n) is 13.7. The van der Waals surface area contributed by atoms with E-state index in [1.807, 2.05) is 49.4 Å². The molecule has 122 valence electrons.